The molecule has 0 saturated carbocycles. The van der Waals surface area contributed by atoms with Crippen LogP contribution in [0.4, 0.5) is 0 Å². The Morgan fingerprint density at radius 2 is 1.88 bits per heavy atom. The number of hydrogen-bond acceptors (Lipinski definition) is 2. The summed E-state index contributed by atoms with van der Waals surface area (Å²) >= 11 is 0. The number of carbonyl (C=O) groups is 1. The van der Waals surface area contributed by atoms with Gasteiger partial charge in [-0.2, -0.15) is 0 Å². The summed E-state index contributed by atoms with van der Waals surface area (Å²) in [5.74, 6) is 0.579. The van der Waals surface area contributed by atoms with Crippen LogP contribution in [-0.2, 0) is 4.79 Å². The van der Waals surface area contributed by atoms with E-state index in [1.807, 2.05) is 37.4 Å². The first kappa shape index (κ1) is 13.7. The van der Waals surface area contributed by atoms with Crippen LogP contribution in [0.5, 0.6) is 0 Å². The van der Waals surface area contributed by atoms with Crippen molar-refractivity contribution in [1.29, 1.82) is 0 Å². The third-order valence-corrected chi connectivity index (χ3v) is 2.84. The summed E-state index contributed by atoms with van der Waals surface area (Å²) in [5.41, 5.74) is 6.82. The van der Waals surface area contributed by atoms with Crippen molar-refractivity contribution < 1.29 is 4.79 Å². The summed E-state index contributed by atoms with van der Waals surface area (Å²) in [6.45, 7) is 5.06. The Bertz CT molecular complexity index is 348. The second-order valence-electron chi connectivity index (χ2n) is 4.83. The van der Waals surface area contributed by atoms with Crippen molar-refractivity contribution in [1.82, 2.24) is 4.90 Å². The van der Waals surface area contributed by atoms with Gasteiger partial charge in [-0.05, 0) is 17.9 Å². The van der Waals surface area contributed by atoms with Gasteiger partial charge in [-0.1, -0.05) is 44.2 Å². The molecular weight excluding hydrogens is 212 g/mol. The predicted molar refractivity (Wildman–Crippen MR) is 70.5 cm³/mol. The molecule has 0 aliphatic rings. The van der Waals surface area contributed by atoms with Crippen molar-refractivity contribution in [2.75, 3.05) is 13.6 Å². The molecule has 1 aromatic rings. The van der Waals surface area contributed by atoms with Gasteiger partial charge in [0.05, 0.1) is 0 Å². The molecule has 0 saturated heterocycles. The van der Waals surface area contributed by atoms with Crippen molar-refractivity contribution in [3.8, 4) is 0 Å². The summed E-state index contributed by atoms with van der Waals surface area (Å²) < 4.78 is 0. The van der Waals surface area contributed by atoms with Crippen LogP contribution in [-0.4, -0.2) is 24.4 Å². The van der Waals surface area contributed by atoms with Crippen LogP contribution < -0.4 is 5.73 Å². The highest BCUT2D eigenvalue weighted by Gasteiger charge is 2.19. The third kappa shape index (κ3) is 4.19. The normalized spacial score (nSPS) is 12.5. The average molecular weight is 234 g/mol. The number of nitrogens with zero attached hydrogens (tertiary/aromatic N) is 1. The molecule has 0 fully saturated rings. The van der Waals surface area contributed by atoms with E-state index in [1.54, 1.807) is 4.90 Å². The van der Waals surface area contributed by atoms with E-state index < -0.39 is 6.04 Å². The van der Waals surface area contributed by atoms with E-state index in [9.17, 15) is 4.79 Å². The maximum absolute atomic E-state index is 12.1. The summed E-state index contributed by atoms with van der Waals surface area (Å²) in [6, 6.07) is 8.95. The van der Waals surface area contributed by atoms with Gasteiger partial charge in [0, 0.05) is 13.6 Å². The molecule has 17 heavy (non-hydrogen) atoms. The molecule has 1 atom stereocenters. The first-order chi connectivity index (χ1) is 8.02. The van der Waals surface area contributed by atoms with Crippen LogP contribution in [0, 0.1) is 5.92 Å². The summed E-state index contributed by atoms with van der Waals surface area (Å²) in [6.07, 6.45) is 1.00. The van der Waals surface area contributed by atoms with Gasteiger partial charge in [0.25, 0.3) is 0 Å². The summed E-state index contributed by atoms with van der Waals surface area (Å²) in [7, 11) is 1.81. The molecule has 0 spiro atoms. The quantitative estimate of drug-likeness (QED) is 0.849. The van der Waals surface area contributed by atoms with Crippen LogP contribution >= 0.6 is 0 Å². The van der Waals surface area contributed by atoms with Crippen LogP contribution in [0.15, 0.2) is 30.3 Å². The third-order valence-electron chi connectivity index (χ3n) is 2.84. The van der Waals surface area contributed by atoms with E-state index in [-0.39, 0.29) is 5.91 Å². The van der Waals surface area contributed by atoms with Crippen molar-refractivity contribution in [2.45, 2.75) is 26.3 Å². The lowest BCUT2D eigenvalue weighted by Gasteiger charge is -2.22. The lowest BCUT2D eigenvalue weighted by Crippen LogP contribution is -2.36. The second kappa shape index (κ2) is 6.40. The van der Waals surface area contributed by atoms with E-state index in [0.29, 0.717) is 5.92 Å². The van der Waals surface area contributed by atoms with E-state index in [4.69, 9.17) is 5.73 Å². The Morgan fingerprint density at radius 1 is 1.29 bits per heavy atom. The van der Waals surface area contributed by atoms with E-state index >= 15 is 0 Å². The fourth-order valence-electron chi connectivity index (χ4n) is 1.60. The minimum Gasteiger partial charge on any atom is -0.344 e. The number of likely N-dealkylation sites (N-methyl/N-ethyl adjacent to an activating group) is 1. The number of rotatable bonds is 5. The van der Waals surface area contributed by atoms with Gasteiger partial charge in [0.15, 0.2) is 0 Å². The smallest absolute Gasteiger partial charge is 0.243 e. The molecule has 0 aliphatic heterocycles. The van der Waals surface area contributed by atoms with Gasteiger partial charge < -0.3 is 10.6 Å². The lowest BCUT2D eigenvalue weighted by atomic mass is 10.1. The maximum atomic E-state index is 12.1. The van der Waals surface area contributed by atoms with Gasteiger partial charge >= 0.3 is 0 Å². The van der Waals surface area contributed by atoms with Crippen LogP contribution in [0.3, 0.4) is 0 Å². The zero-order valence-corrected chi connectivity index (χ0v) is 10.9. The van der Waals surface area contributed by atoms with Gasteiger partial charge in [-0.25, -0.2) is 0 Å². The number of carbonyl (C=O) groups excluding carboxylic acids is 1. The molecule has 94 valence electrons. The number of nitrogens with two attached hydrogens (primary N) is 1. The Balaban J connectivity index is 2.57. The molecule has 0 aromatic heterocycles. The van der Waals surface area contributed by atoms with Crippen LogP contribution in [0.2, 0.25) is 0 Å². The molecule has 3 heteroatoms. The Hall–Kier alpha value is -1.35. The molecule has 0 radical (unpaired) electrons. The van der Waals surface area contributed by atoms with Crippen molar-refractivity contribution >= 4 is 5.91 Å². The van der Waals surface area contributed by atoms with Gasteiger partial charge in [-0.3, -0.25) is 4.79 Å². The van der Waals surface area contributed by atoms with Crippen molar-refractivity contribution in [3.63, 3.8) is 0 Å². The monoisotopic (exact) mass is 234 g/mol. The summed E-state index contributed by atoms with van der Waals surface area (Å²) in [4.78, 5) is 13.8. The number of hydrogen-bond donors (Lipinski definition) is 1. The van der Waals surface area contributed by atoms with Gasteiger partial charge in [0.1, 0.15) is 6.04 Å². The first-order valence-corrected chi connectivity index (χ1v) is 6.08. The van der Waals surface area contributed by atoms with Crippen molar-refractivity contribution in [3.05, 3.63) is 35.9 Å². The molecule has 3 nitrogen and oxygen atoms in total. The summed E-state index contributed by atoms with van der Waals surface area (Å²) in [5, 5.41) is 0. The zero-order chi connectivity index (χ0) is 12.8. The van der Waals surface area contributed by atoms with E-state index in [0.717, 1.165) is 18.5 Å². The highest BCUT2D eigenvalue weighted by atomic mass is 16.2. The molecule has 1 rings (SSSR count). The van der Waals surface area contributed by atoms with Gasteiger partial charge in [-0.15, -0.1) is 0 Å². The molecule has 0 unspecified atom stereocenters. The molecular formula is C14H22N2O. The molecule has 1 aromatic carbocycles. The highest BCUT2D eigenvalue weighted by molar-refractivity contribution is 5.82. The molecule has 1 amide bonds. The van der Waals surface area contributed by atoms with Crippen LogP contribution in [0.25, 0.3) is 0 Å². The number of amides is 1. The minimum atomic E-state index is -0.548. The largest absolute Gasteiger partial charge is 0.344 e. The standard InChI is InChI=1S/C14H22N2O/c1-11(2)9-10-16(3)14(17)13(15)12-7-5-4-6-8-12/h4-8,11,13H,9-10,15H2,1-3H3/t13-/m0/s1. The molecule has 2 N–H and O–H groups in total. The molecule has 0 bridgehead atoms. The Morgan fingerprint density at radius 3 is 2.41 bits per heavy atom. The van der Waals surface area contributed by atoms with Gasteiger partial charge in [0.2, 0.25) is 5.91 Å². The topological polar surface area (TPSA) is 46.3 Å². The zero-order valence-electron chi connectivity index (χ0n) is 10.9. The van der Waals surface area contributed by atoms with E-state index in [1.165, 1.54) is 0 Å². The molecule has 0 heterocycles. The first-order valence-electron chi connectivity index (χ1n) is 6.08. The minimum absolute atomic E-state index is 0.0168. The second-order valence-corrected chi connectivity index (χ2v) is 4.83. The Kier molecular flexibility index (Phi) is 5.16. The number of benzene rings is 1. The SMILES string of the molecule is CC(C)CCN(C)C(=O)[C@@H](N)c1ccccc1. The average Bonchev–Trinajstić information content (AvgIpc) is 2.35. The Labute approximate surface area is 104 Å². The molecule has 0 aliphatic carbocycles. The van der Waals surface area contributed by atoms with Crippen molar-refractivity contribution in [2.24, 2.45) is 11.7 Å². The van der Waals surface area contributed by atoms with E-state index in [2.05, 4.69) is 13.8 Å². The van der Waals surface area contributed by atoms with Crippen LogP contribution in [0.1, 0.15) is 31.9 Å². The lowest BCUT2D eigenvalue weighted by molar-refractivity contribution is -0.131. The fourth-order valence-corrected chi connectivity index (χ4v) is 1.60. The maximum Gasteiger partial charge on any atom is 0.243 e. The predicted octanol–water partition coefficient (Wildman–Crippen LogP) is 2.19. The fraction of sp³-hybridized carbons (Fsp3) is 0.500. The highest BCUT2D eigenvalue weighted by Crippen LogP contribution is 2.12.